The summed E-state index contributed by atoms with van der Waals surface area (Å²) in [5.41, 5.74) is 2.38. The first-order valence-corrected chi connectivity index (χ1v) is 5.89. The van der Waals surface area contributed by atoms with Crippen molar-refractivity contribution in [3.8, 4) is 0 Å². The zero-order valence-corrected chi connectivity index (χ0v) is 10.9. The van der Waals surface area contributed by atoms with E-state index in [0.717, 1.165) is 5.56 Å². The molecule has 1 rings (SSSR count). The highest BCUT2D eigenvalue weighted by molar-refractivity contribution is 9.11. The van der Waals surface area contributed by atoms with Gasteiger partial charge in [0.25, 0.3) is 0 Å². The van der Waals surface area contributed by atoms with Crippen LogP contribution in [-0.4, -0.2) is 0 Å². The molecule has 1 aromatic rings. The largest absolute Gasteiger partial charge is 0.199 e. The third-order valence-electron chi connectivity index (χ3n) is 2.49. The Morgan fingerprint density at radius 1 is 1.27 bits per heavy atom. The van der Waals surface area contributed by atoms with Crippen molar-refractivity contribution in [1.29, 1.82) is 0 Å². The zero-order chi connectivity index (χ0) is 11.4. The maximum atomic E-state index is 12.9. The molecule has 2 heteroatoms. The molecule has 0 nitrogen and oxygen atoms in total. The fourth-order valence-corrected chi connectivity index (χ4v) is 1.88. The third kappa shape index (κ3) is 3.78. The van der Waals surface area contributed by atoms with E-state index in [4.69, 9.17) is 0 Å². The van der Waals surface area contributed by atoms with E-state index in [2.05, 4.69) is 61.0 Å². The third-order valence-corrected chi connectivity index (χ3v) is 2.75. The van der Waals surface area contributed by atoms with Crippen LogP contribution >= 0.6 is 15.9 Å². The number of halogens is 2. The van der Waals surface area contributed by atoms with Crippen LogP contribution in [0.4, 0.5) is 4.39 Å². The maximum absolute atomic E-state index is 12.9. The van der Waals surface area contributed by atoms with Crippen molar-refractivity contribution in [2.75, 3.05) is 0 Å². The van der Waals surface area contributed by atoms with Crippen LogP contribution in [0.1, 0.15) is 30.9 Å². The first kappa shape index (κ1) is 12.4. The second-order valence-electron chi connectivity index (χ2n) is 4.14. The number of allylic oxidation sites excluding steroid dienone is 1. The molecule has 0 spiro atoms. The lowest BCUT2D eigenvalue weighted by Gasteiger charge is -2.17. The van der Waals surface area contributed by atoms with Crippen LogP contribution in [0, 0.1) is 12.8 Å². The van der Waals surface area contributed by atoms with Crippen molar-refractivity contribution in [2.24, 2.45) is 5.92 Å². The molecule has 15 heavy (non-hydrogen) atoms. The average Bonchev–Trinajstić information content (AvgIpc) is 2.15. The van der Waals surface area contributed by atoms with Crippen LogP contribution in [0.5, 0.6) is 0 Å². The zero-order valence-electron chi connectivity index (χ0n) is 9.30. The molecule has 0 amide bonds. The highest BCUT2D eigenvalue weighted by Crippen LogP contribution is 2.28. The van der Waals surface area contributed by atoms with Crippen LogP contribution in [0.3, 0.4) is 0 Å². The SMILES string of the molecule is Cc1ccc(C(C=C(F)Br)C(C)C)cc1. The molecule has 0 fully saturated rings. The standard InChI is InChI=1S/C13H16BrF/c1-9(2)12(8-13(14)15)11-6-4-10(3)5-7-11/h4-9,12H,1-3H3. The lowest BCUT2D eigenvalue weighted by atomic mass is 9.88. The molecule has 0 saturated carbocycles. The minimum absolute atomic E-state index is 0.130. The minimum Gasteiger partial charge on any atom is -0.199 e. The molecule has 0 saturated heterocycles. The Kier molecular flexibility index (Phi) is 4.52. The smallest absolute Gasteiger partial charge is 0.162 e. The molecule has 1 unspecified atom stereocenters. The fraction of sp³-hybridized carbons (Fsp3) is 0.385. The monoisotopic (exact) mass is 270 g/mol. The van der Waals surface area contributed by atoms with Crippen LogP contribution < -0.4 is 0 Å². The lowest BCUT2D eigenvalue weighted by molar-refractivity contribution is 0.565. The predicted octanol–water partition coefficient (Wildman–Crippen LogP) is 4.94. The average molecular weight is 271 g/mol. The first-order chi connectivity index (χ1) is 7.00. The van der Waals surface area contributed by atoms with Gasteiger partial charge in [0.1, 0.15) is 0 Å². The van der Waals surface area contributed by atoms with Gasteiger partial charge in [-0.3, -0.25) is 0 Å². The van der Waals surface area contributed by atoms with Crippen molar-refractivity contribution in [2.45, 2.75) is 26.7 Å². The number of rotatable bonds is 3. The summed E-state index contributed by atoms with van der Waals surface area (Å²) < 4.78 is 12.6. The van der Waals surface area contributed by atoms with Gasteiger partial charge in [-0.1, -0.05) is 43.7 Å². The van der Waals surface area contributed by atoms with Gasteiger partial charge >= 0.3 is 0 Å². The summed E-state index contributed by atoms with van der Waals surface area (Å²) in [6.45, 7) is 6.24. The van der Waals surface area contributed by atoms with Gasteiger partial charge < -0.3 is 0 Å². The van der Waals surface area contributed by atoms with E-state index in [-0.39, 0.29) is 10.7 Å². The lowest BCUT2D eigenvalue weighted by Crippen LogP contribution is -2.03. The summed E-state index contributed by atoms with van der Waals surface area (Å²) in [6.07, 6.45) is 1.62. The van der Waals surface area contributed by atoms with E-state index in [1.54, 1.807) is 6.08 Å². The molecule has 1 atom stereocenters. The summed E-state index contributed by atoms with van der Waals surface area (Å²) >= 11 is 2.85. The molecule has 0 aliphatic rings. The van der Waals surface area contributed by atoms with Gasteiger partial charge in [-0.05, 0) is 40.4 Å². The van der Waals surface area contributed by atoms with Crippen LogP contribution in [0.2, 0.25) is 0 Å². The summed E-state index contributed by atoms with van der Waals surface area (Å²) in [6, 6.07) is 8.24. The molecule has 0 heterocycles. The van der Waals surface area contributed by atoms with Crippen LogP contribution in [0.25, 0.3) is 0 Å². The van der Waals surface area contributed by atoms with E-state index in [9.17, 15) is 4.39 Å². The summed E-state index contributed by atoms with van der Waals surface area (Å²) in [5, 5.41) is 0. The minimum atomic E-state index is -0.290. The Morgan fingerprint density at radius 3 is 2.20 bits per heavy atom. The van der Waals surface area contributed by atoms with E-state index in [0.29, 0.717) is 5.92 Å². The van der Waals surface area contributed by atoms with Crippen molar-refractivity contribution in [3.63, 3.8) is 0 Å². The molecule has 1 aromatic carbocycles. The second kappa shape index (κ2) is 5.45. The molecule has 0 aliphatic heterocycles. The van der Waals surface area contributed by atoms with E-state index in [1.807, 2.05) is 0 Å². The Morgan fingerprint density at radius 2 is 1.80 bits per heavy atom. The molecule has 0 aromatic heterocycles. The van der Waals surface area contributed by atoms with Crippen molar-refractivity contribution in [3.05, 3.63) is 46.2 Å². The van der Waals surface area contributed by atoms with Gasteiger partial charge in [0.2, 0.25) is 0 Å². The summed E-state index contributed by atoms with van der Waals surface area (Å²) in [7, 11) is 0. The van der Waals surface area contributed by atoms with Crippen LogP contribution in [0.15, 0.2) is 35.1 Å². The van der Waals surface area contributed by atoms with Crippen LogP contribution in [-0.2, 0) is 0 Å². The molecule has 0 radical (unpaired) electrons. The molecular formula is C13H16BrF. The van der Waals surface area contributed by atoms with Gasteiger partial charge in [-0.2, -0.15) is 4.39 Å². The fourth-order valence-electron chi connectivity index (χ4n) is 1.60. The van der Waals surface area contributed by atoms with Gasteiger partial charge in [0, 0.05) is 5.92 Å². The summed E-state index contributed by atoms with van der Waals surface area (Å²) in [5.74, 6) is 0.515. The van der Waals surface area contributed by atoms with Gasteiger partial charge in [0.05, 0.1) is 0 Å². The van der Waals surface area contributed by atoms with Gasteiger partial charge in [-0.15, -0.1) is 0 Å². The Bertz CT molecular complexity index is 334. The van der Waals surface area contributed by atoms with Crippen molar-refractivity contribution >= 4 is 15.9 Å². The first-order valence-electron chi connectivity index (χ1n) is 5.10. The van der Waals surface area contributed by atoms with Crippen molar-refractivity contribution < 1.29 is 4.39 Å². The molecular weight excluding hydrogens is 255 g/mol. The van der Waals surface area contributed by atoms with Gasteiger partial charge in [-0.25, -0.2) is 0 Å². The number of benzene rings is 1. The Balaban J connectivity index is 2.99. The predicted molar refractivity (Wildman–Crippen MR) is 66.9 cm³/mol. The number of hydrogen-bond donors (Lipinski definition) is 0. The molecule has 0 N–H and O–H groups in total. The molecule has 82 valence electrons. The number of aryl methyl sites for hydroxylation is 1. The van der Waals surface area contributed by atoms with Crippen molar-refractivity contribution in [1.82, 2.24) is 0 Å². The number of hydrogen-bond acceptors (Lipinski definition) is 0. The molecule has 0 aliphatic carbocycles. The van der Waals surface area contributed by atoms with E-state index < -0.39 is 0 Å². The van der Waals surface area contributed by atoms with E-state index >= 15 is 0 Å². The second-order valence-corrected chi connectivity index (χ2v) is 4.89. The maximum Gasteiger partial charge on any atom is 0.162 e. The topological polar surface area (TPSA) is 0 Å². The quantitative estimate of drug-likeness (QED) is 0.730. The Hall–Kier alpha value is -0.630. The molecule has 0 bridgehead atoms. The van der Waals surface area contributed by atoms with E-state index in [1.165, 1.54) is 5.56 Å². The summed E-state index contributed by atoms with van der Waals surface area (Å²) in [4.78, 5) is 0. The highest BCUT2D eigenvalue weighted by atomic mass is 79.9. The normalized spacial score (nSPS) is 14.4. The Labute approximate surface area is 99.3 Å². The van der Waals surface area contributed by atoms with Gasteiger partial charge in [0.15, 0.2) is 4.74 Å². The highest BCUT2D eigenvalue weighted by Gasteiger charge is 2.13.